The van der Waals surface area contributed by atoms with Crippen molar-refractivity contribution >= 4 is 207 Å². The van der Waals surface area contributed by atoms with Crippen LogP contribution in [0.5, 0.6) is 0 Å². The van der Waals surface area contributed by atoms with Gasteiger partial charge in [-0.3, -0.25) is 38.4 Å². The van der Waals surface area contributed by atoms with Crippen LogP contribution in [0.3, 0.4) is 0 Å². The second-order valence-corrected chi connectivity index (χ2v) is 37.1. The number of aliphatic hydroxyl groups excluding tert-OH is 3. The van der Waals surface area contributed by atoms with Crippen LogP contribution < -0.4 is 39.1 Å². The maximum atomic E-state index is 12.2. The Morgan fingerprint density at radius 3 is 1.13 bits per heavy atom. The summed E-state index contributed by atoms with van der Waals surface area (Å²) in [5.41, 5.74) is 10.2. The maximum absolute atomic E-state index is 12.2. The Balaban J connectivity index is 0.000000136. The average molecular weight is 2020 g/mol. The van der Waals surface area contributed by atoms with Gasteiger partial charge in [-0.05, 0) is 112 Å². The summed E-state index contributed by atoms with van der Waals surface area (Å²) in [5, 5.41) is 76.3. The monoisotopic (exact) mass is 2020 g/mol. The van der Waals surface area contributed by atoms with E-state index in [4.69, 9.17) is 89.1 Å². The molecule has 12 heterocycles. The summed E-state index contributed by atoms with van der Waals surface area (Å²) < 4.78 is 13.4. The molecular formula is C84H73Cl5N26O13S6. The number of hydrogen-bond acceptors (Lipinski definition) is 31. The van der Waals surface area contributed by atoms with Crippen LogP contribution >= 0.6 is 129 Å². The number of nitrogens with two attached hydrogens (primary N) is 1. The van der Waals surface area contributed by atoms with E-state index in [1.165, 1.54) is 81.8 Å². The Kier molecular flexibility index (Phi) is 34.1. The van der Waals surface area contributed by atoms with Crippen LogP contribution in [0.1, 0.15) is 27.2 Å². The number of nitrogens with zero attached hydrogens (tertiary/aromatic N) is 19. The van der Waals surface area contributed by atoms with Crippen LogP contribution in [0.25, 0.3) is 100 Å². The van der Waals surface area contributed by atoms with E-state index in [9.17, 15) is 43.5 Å². The number of nitriles is 1. The number of para-hydroxylation sites is 4. The van der Waals surface area contributed by atoms with E-state index < -0.39 is 21.9 Å². The maximum Gasteiger partial charge on any atom is 0.319 e. The van der Waals surface area contributed by atoms with Crippen molar-refractivity contribution in [2.75, 3.05) is 56.0 Å². The topological polar surface area (TPSA) is 556 Å². The minimum atomic E-state index is -1.11. The highest BCUT2D eigenvalue weighted by Gasteiger charge is 2.31. The van der Waals surface area contributed by atoms with Crippen LogP contribution in [0.2, 0.25) is 25.1 Å². The van der Waals surface area contributed by atoms with E-state index in [0.717, 1.165) is 41.0 Å². The van der Waals surface area contributed by atoms with Gasteiger partial charge in [0.15, 0.2) is 64.8 Å². The van der Waals surface area contributed by atoms with E-state index in [1.54, 1.807) is 106 Å². The number of carbonyl (C=O) groups excluding carboxylic acids is 1. The van der Waals surface area contributed by atoms with Gasteiger partial charge in [-0.25, -0.2) is 58.0 Å². The van der Waals surface area contributed by atoms with Crippen LogP contribution in [0, 0.1) is 11.3 Å². The van der Waals surface area contributed by atoms with E-state index in [-0.39, 0.29) is 64.1 Å². The van der Waals surface area contributed by atoms with Crippen molar-refractivity contribution in [3.63, 3.8) is 0 Å². The van der Waals surface area contributed by atoms with Crippen LogP contribution in [-0.4, -0.2) is 217 Å². The molecule has 0 fully saturated rings. The predicted octanol–water partition coefficient (Wildman–Crippen LogP) is 12.1. The van der Waals surface area contributed by atoms with Gasteiger partial charge in [-0.1, -0.05) is 195 Å². The molecule has 18 aromatic rings. The number of aliphatic carboxylic acids is 1. The number of carbonyl (C=O) groups is 2. The number of nitrogens with one attached hydrogen (secondary N) is 6. The summed E-state index contributed by atoms with van der Waals surface area (Å²) in [4.78, 5) is 138. The Hall–Kier alpha value is -12.8. The highest BCUT2D eigenvalue weighted by atomic mass is 35.5. The van der Waals surface area contributed by atoms with Crippen LogP contribution in [0.15, 0.2) is 249 Å². The van der Waals surface area contributed by atoms with E-state index >= 15 is 0 Å². The summed E-state index contributed by atoms with van der Waals surface area (Å²) >= 11 is 37.8. The molecule has 12 aromatic heterocycles. The fourth-order valence-corrected chi connectivity index (χ4v) is 17.1. The first kappa shape index (κ1) is 98.7. The van der Waals surface area contributed by atoms with Crippen molar-refractivity contribution < 1.29 is 34.8 Å². The standard InChI is InChI=1S/C15H15ClN4O3S.C15H14N4O3S.C14H12ClN5O2S.C14H13ClN4O2S.C13H8ClN5OS.C13H11ClN4O2S/c16-11-3-1-2-4-12(11)20-13-10(9-17-20)14(22)19-15(18-13)24-8-7-23-6-5-21;1-15(2,13(21)22)23-14-17-11-10(12(20)18-14)8-16-19(11)9-6-4-3-5-7-9;1-7(11(16)21)23-14-18-12-10(13(22)19-14)6-17-20(12)9-4-2-3-8(15)5-9;15-10-4-1-2-5-11(10)19-12-9(8-16-19)13(21)18-14(17-12)22-7-3-6-20;14-8-2-1-3-9(6-8)19-11-10(7-16-19)12(20)18-13(17-11)21-5-4-15;14-9-3-1-2-4-10(9)18-11-8(7-15-18)12(20)17-13(16-11)21-6-5-19/h1-4,9,21H,5-8H2,(H,18,19,22);3-8H,1-2H3,(H,21,22)(H,17,18,20);2-7H,1H3,(H2,16,21)(H,18,19,22);1-2,4-5,8,20H,3,6-7H2,(H,17,18,21);1-3,6-7H,5H2,(H,17,18,20);1-4,7,19H,5-6H2,(H,16,17,20). The van der Waals surface area contributed by atoms with E-state index in [2.05, 4.69) is 90.4 Å². The number of hydrogen-bond donors (Lipinski definition) is 11. The van der Waals surface area contributed by atoms with E-state index in [0.29, 0.717) is 182 Å². The first-order valence-electron chi connectivity index (χ1n) is 39.5. The number of amides is 1. The molecule has 0 spiro atoms. The highest BCUT2D eigenvalue weighted by Crippen LogP contribution is 2.33. The van der Waals surface area contributed by atoms with Gasteiger partial charge in [-0.2, -0.15) is 35.9 Å². The molecule has 0 radical (unpaired) electrons. The molecule has 1 unspecified atom stereocenters. The number of benzene rings is 6. The Labute approximate surface area is 805 Å². The van der Waals surface area contributed by atoms with Gasteiger partial charge in [0.2, 0.25) is 5.91 Å². The van der Waals surface area contributed by atoms with Crippen LogP contribution in [-0.2, 0) is 14.3 Å². The number of primary amides is 1. The molecule has 0 aliphatic heterocycles. The predicted molar refractivity (Wildman–Crippen MR) is 519 cm³/mol. The zero-order valence-corrected chi connectivity index (χ0v) is 78.6. The number of rotatable bonds is 27. The average Bonchev–Trinajstić information content (AvgIpc) is 1.66. The lowest BCUT2D eigenvalue weighted by atomic mass is 10.2. The van der Waals surface area contributed by atoms with Crippen molar-refractivity contribution in [2.24, 2.45) is 5.73 Å². The molecule has 0 bridgehead atoms. The lowest BCUT2D eigenvalue weighted by molar-refractivity contribution is -0.138. The molecule has 0 saturated carbocycles. The smallest absolute Gasteiger partial charge is 0.319 e. The molecule has 50 heteroatoms. The molecule has 1 amide bonds. The molecule has 1 atom stereocenters. The van der Waals surface area contributed by atoms with Gasteiger partial charge in [-0.15, -0.1) is 0 Å². The Bertz CT molecular complexity index is 7710. The largest absolute Gasteiger partial charge is 0.480 e. The van der Waals surface area contributed by atoms with Crippen molar-refractivity contribution in [1.82, 2.24) is 118 Å². The summed E-state index contributed by atoms with van der Waals surface area (Å²) in [5.74, 6) is 0.469. The summed E-state index contributed by atoms with van der Waals surface area (Å²) in [6, 6.07) is 47.1. The lowest BCUT2D eigenvalue weighted by Crippen LogP contribution is -2.28. The molecule has 0 aliphatic rings. The summed E-state index contributed by atoms with van der Waals surface area (Å²) in [6.07, 6.45) is 9.40. The molecule has 0 saturated heterocycles. The third-order valence-electron chi connectivity index (χ3n) is 18.2. The fraction of sp³-hybridized carbons (Fsp3) is 0.179. The number of aromatic amines is 6. The normalized spacial score (nSPS) is 11.4. The van der Waals surface area contributed by atoms with Crippen molar-refractivity contribution in [3.05, 3.63) is 276 Å². The van der Waals surface area contributed by atoms with E-state index in [1.807, 2.05) is 91.0 Å². The third-order valence-corrected chi connectivity index (χ3v) is 25.1. The van der Waals surface area contributed by atoms with Gasteiger partial charge in [0.05, 0.1) is 130 Å². The molecule has 12 N–H and O–H groups in total. The number of halogens is 5. The summed E-state index contributed by atoms with van der Waals surface area (Å²) in [7, 11) is 0. The number of aliphatic hydroxyl groups is 3. The summed E-state index contributed by atoms with van der Waals surface area (Å²) in [6.45, 7) is 5.61. The minimum absolute atomic E-state index is 0.0101. The van der Waals surface area contributed by atoms with Gasteiger partial charge in [0, 0.05) is 33.9 Å². The first-order chi connectivity index (χ1) is 64.6. The molecule has 134 heavy (non-hydrogen) atoms. The van der Waals surface area contributed by atoms with Crippen LogP contribution in [0.4, 0.5) is 0 Å². The second-order valence-electron chi connectivity index (χ2n) is 27.8. The number of carboxylic acid groups (broad SMARTS) is 1. The Morgan fingerprint density at radius 1 is 0.425 bits per heavy atom. The molecule has 39 nitrogen and oxygen atoms in total. The third kappa shape index (κ3) is 24.4. The number of aromatic nitrogens is 24. The molecular weight excluding hydrogens is 1950 g/mol. The number of carboxylic acids is 1. The Morgan fingerprint density at radius 2 is 0.761 bits per heavy atom. The quantitative estimate of drug-likeness (QED) is 0.0129. The molecule has 18 rings (SSSR count). The number of fused-ring (bicyclic) bond motifs is 6. The number of ether oxygens (including phenoxy) is 1. The van der Waals surface area contributed by atoms with Crippen molar-refractivity contribution in [3.8, 4) is 40.2 Å². The molecule has 0 aliphatic carbocycles. The van der Waals surface area contributed by atoms with Gasteiger partial charge in [0.25, 0.3) is 33.4 Å². The molecule has 6 aromatic carbocycles. The second kappa shape index (κ2) is 46.3. The number of thioether (sulfide) groups is 6. The SMILES string of the molecule is CC(C)(Sc1nc2c(cnn2-c2ccccc2)c(=O)[nH]1)C(=O)O.CC(Sc1nc2c(cnn2-c2cccc(Cl)c2)c(=O)[nH]1)C(N)=O.N#CCSc1nc2c(cnn2-c2cccc(Cl)c2)c(=O)[nH]1.O=c1[nH]c(SCCCO)nc2c1cnn2-c1ccccc1Cl.O=c1[nH]c(SCCO)nc2c1cnn2-c1ccccc1Cl.O=c1[nH]c(SCCOCCO)nc2c1cnn2-c1ccccc1Cl. The molecule has 688 valence electrons. The zero-order chi connectivity index (χ0) is 95.3. The zero-order valence-electron chi connectivity index (χ0n) is 69.9. The van der Waals surface area contributed by atoms with Crippen molar-refractivity contribution in [2.45, 2.75) is 68.1 Å². The minimum Gasteiger partial charge on any atom is -0.480 e. The van der Waals surface area contributed by atoms with Gasteiger partial charge >= 0.3 is 5.97 Å². The first-order valence-corrected chi connectivity index (χ1v) is 47.0. The lowest BCUT2D eigenvalue weighted by Gasteiger charge is -2.17. The number of H-pyrrole nitrogens is 6. The van der Waals surface area contributed by atoms with Gasteiger partial charge < -0.3 is 60.8 Å². The fourth-order valence-electron chi connectivity index (χ4n) is 11.9. The van der Waals surface area contributed by atoms with Gasteiger partial charge in [0.1, 0.15) is 37.1 Å². The highest BCUT2D eigenvalue weighted by molar-refractivity contribution is 8.01. The van der Waals surface area contributed by atoms with Crippen molar-refractivity contribution in [1.29, 1.82) is 5.26 Å².